The van der Waals surface area contributed by atoms with Crippen LogP contribution in [0.3, 0.4) is 0 Å². The molecule has 0 atom stereocenters. The molecule has 4 heteroatoms. The zero-order valence-electron chi connectivity index (χ0n) is 17.7. The molecule has 30 heavy (non-hydrogen) atoms. The van der Waals surface area contributed by atoms with Crippen molar-refractivity contribution >= 4 is 17.6 Å². The number of hydrogen-bond acceptors (Lipinski definition) is 4. The van der Waals surface area contributed by atoms with Gasteiger partial charge in [-0.1, -0.05) is 17.7 Å². The van der Waals surface area contributed by atoms with Crippen LogP contribution in [0.1, 0.15) is 30.4 Å². The first-order valence-electron chi connectivity index (χ1n) is 10.5. The zero-order valence-corrected chi connectivity index (χ0v) is 17.7. The average molecular weight is 401 g/mol. The average Bonchev–Trinajstić information content (AvgIpc) is 2.80. The Kier molecular flexibility index (Phi) is 6.33. The first kappa shape index (κ1) is 20.0. The standard InChI is InChI=1S/C26H28N2O2/c1-20-6-12-24(13-7-20)30-25-14-9-22(10-15-25)27-19-21-8-11-23(18-26(21)29-2)28-16-4-3-5-17-28/h6-15,18-19H,3-5,16-17H2,1-2H3. The third kappa shape index (κ3) is 5.01. The third-order valence-electron chi connectivity index (χ3n) is 5.38. The molecule has 0 spiro atoms. The van der Waals surface area contributed by atoms with Gasteiger partial charge in [-0.2, -0.15) is 0 Å². The molecule has 3 aromatic rings. The summed E-state index contributed by atoms with van der Waals surface area (Å²) in [6, 6.07) is 22.2. The summed E-state index contributed by atoms with van der Waals surface area (Å²) in [6.45, 7) is 4.30. The lowest BCUT2D eigenvalue weighted by Gasteiger charge is -2.29. The van der Waals surface area contributed by atoms with Gasteiger partial charge in [-0.15, -0.1) is 0 Å². The fourth-order valence-electron chi connectivity index (χ4n) is 3.64. The van der Waals surface area contributed by atoms with Crippen LogP contribution in [0.4, 0.5) is 11.4 Å². The van der Waals surface area contributed by atoms with Crippen LogP contribution < -0.4 is 14.4 Å². The zero-order chi connectivity index (χ0) is 20.8. The molecule has 0 aromatic heterocycles. The molecule has 0 aliphatic carbocycles. The molecule has 1 heterocycles. The van der Waals surface area contributed by atoms with Crippen molar-refractivity contribution in [2.45, 2.75) is 26.2 Å². The van der Waals surface area contributed by atoms with Crippen molar-refractivity contribution in [2.24, 2.45) is 4.99 Å². The molecular weight excluding hydrogens is 372 g/mol. The number of methoxy groups -OCH3 is 1. The number of rotatable bonds is 6. The molecule has 0 N–H and O–H groups in total. The number of aryl methyl sites for hydroxylation is 1. The molecule has 0 amide bonds. The van der Waals surface area contributed by atoms with Gasteiger partial charge in [-0.25, -0.2) is 0 Å². The highest BCUT2D eigenvalue weighted by Crippen LogP contribution is 2.28. The predicted molar refractivity (Wildman–Crippen MR) is 124 cm³/mol. The second kappa shape index (κ2) is 9.49. The molecule has 0 saturated carbocycles. The van der Waals surface area contributed by atoms with Gasteiger partial charge in [0.05, 0.1) is 12.8 Å². The van der Waals surface area contributed by atoms with E-state index in [1.807, 2.05) is 54.7 Å². The van der Waals surface area contributed by atoms with E-state index in [4.69, 9.17) is 9.47 Å². The van der Waals surface area contributed by atoms with Gasteiger partial charge >= 0.3 is 0 Å². The number of hydrogen-bond donors (Lipinski definition) is 0. The van der Waals surface area contributed by atoms with Gasteiger partial charge < -0.3 is 14.4 Å². The fourth-order valence-corrected chi connectivity index (χ4v) is 3.64. The van der Waals surface area contributed by atoms with Crippen molar-refractivity contribution in [1.82, 2.24) is 0 Å². The Morgan fingerprint density at radius 1 is 0.833 bits per heavy atom. The van der Waals surface area contributed by atoms with Crippen LogP contribution in [0, 0.1) is 6.92 Å². The summed E-state index contributed by atoms with van der Waals surface area (Å²) in [5.41, 5.74) is 4.28. The quantitative estimate of drug-likeness (QED) is 0.441. The number of anilines is 1. The smallest absolute Gasteiger partial charge is 0.129 e. The lowest BCUT2D eigenvalue weighted by Crippen LogP contribution is -2.29. The molecular formula is C26H28N2O2. The largest absolute Gasteiger partial charge is 0.496 e. The van der Waals surface area contributed by atoms with E-state index in [2.05, 4.69) is 35.0 Å². The second-order valence-corrected chi connectivity index (χ2v) is 7.64. The first-order valence-corrected chi connectivity index (χ1v) is 10.5. The van der Waals surface area contributed by atoms with E-state index in [0.29, 0.717) is 0 Å². The summed E-state index contributed by atoms with van der Waals surface area (Å²) in [6.07, 6.45) is 5.70. The molecule has 1 saturated heterocycles. The maximum absolute atomic E-state index is 5.88. The molecule has 0 radical (unpaired) electrons. The summed E-state index contributed by atoms with van der Waals surface area (Å²) in [7, 11) is 1.71. The number of benzene rings is 3. The Bertz CT molecular complexity index is 989. The number of nitrogens with zero attached hydrogens (tertiary/aromatic N) is 2. The Balaban J connectivity index is 1.44. The van der Waals surface area contributed by atoms with Gasteiger partial charge in [0.2, 0.25) is 0 Å². The van der Waals surface area contributed by atoms with Crippen LogP contribution >= 0.6 is 0 Å². The predicted octanol–water partition coefficient (Wildman–Crippen LogP) is 6.54. The lowest BCUT2D eigenvalue weighted by atomic mass is 10.1. The Hall–Kier alpha value is -3.27. The molecule has 1 aliphatic rings. The van der Waals surface area contributed by atoms with Crippen molar-refractivity contribution in [1.29, 1.82) is 0 Å². The van der Waals surface area contributed by atoms with Gasteiger partial charge in [0.25, 0.3) is 0 Å². The highest BCUT2D eigenvalue weighted by Gasteiger charge is 2.12. The Labute approximate surface area is 178 Å². The third-order valence-corrected chi connectivity index (χ3v) is 5.38. The van der Waals surface area contributed by atoms with Crippen molar-refractivity contribution < 1.29 is 9.47 Å². The van der Waals surface area contributed by atoms with Gasteiger partial charge in [0.1, 0.15) is 17.2 Å². The molecule has 4 rings (SSSR count). The Morgan fingerprint density at radius 3 is 2.17 bits per heavy atom. The van der Waals surface area contributed by atoms with Crippen LogP contribution in [0.15, 0.2) is 71.7 Å². The van der Waals surface area contributed by atoms with Crippen molar-refractivity contribution in [3.63, 3.8) is 0 Å². The number of ether oxygens (including phenoxy) is 2. The maximum Gasteiger partial charge on any atom is 0.129 e. The molecule has 3 aromatic carbocycles. The van der Waals surface area contributed by atoms with Gasteiger partial charge in [-0.3, -0.25) is 4.99 Å². The van der Waals surface area contributed by atoms with E-state index >= 15 is 0 Å². The van der Waals surface area contributed by atoms with E-state index < -0.39 is 0 Å². The minimum Gasteiger partial charge on any atom is -0.496 e. The van der Waals surface area contributed by atoms with Gasteiger partial charge in [0, 0.05) is 36.6 Å². The van der Waals surface area contributed by atoms with Gasteiger partial charge in [-0.05, 0) is 74.7 Å². The van der Waals surface area contributed by atoms with E-state index in [-0.39, 0.29) is 0 Å². The molecule has 1 fully saturated rings. The van der Waals surface area contributed by atoms with Crippen molar-refractivity contribution in [2.75, 3.05) is 25.1 Å². The van der Waals surface area contributed by atoms with Crippen molar-refractivity contribution in [3.05, 3.63) is 77.9 Å². The van der Waals surface area contributed by atoms with E-state index in [1.54, 1.807) is 7.11 Å². The number of piperidine rings is 1. The van der Waals surface area contributed by atoms with E-state index in [0.717, 1.165) is 41.6 Å². The summed E-state index contributed by atoms with van der Waals surface area (Å²) in [5, 5.41) is 0. The normalized spacial score (nSPS) is 14.1. The van der Waals surface area contributed by atoms with E-state index in [1.165, 1.54) is 30.5 Å². The van der Waals surface area contributed by atoms with E-state index in [9.17, 15) is 0 Å². The molecule has 154 valence electrons. The van der Waals surface area contributed by atoms with Crippen LogP contribution in [0.2, 0.25) is 0 Å². The first-order chi connectivity index (χ1) is 14.7. The van der Waals surface area contributed by atoms with Crippen LogP contribution in [0.25, 0.3) is 0 Å². The highest BCUT2D eigenvalue weighted by atomic mass is 16.5. The van der Waals surface area contributed by atoms with Crippen LogP contribution in [-0.2, 0) is 0 Å². The molecule has 0 unspecified atom stereocenters. The highest BCUT2D eigenvalue weighted by molar-refractivity contribution is 5.86. The molecule has 1 aliphatic heterocycles. The minimum absolute atomic E-state index is 0.793. The van der Waals surface area contributed by atoms with Crippen molar-refractivity contribution in [3.8, 4) is 17.2 Å². The van der Waals surface area contributed by atoms with Crippen LogP contribution in [-0.4, -0.2) is 26.4 Å². The summed E-state index contributed by atoms with van der Waals surface area (Å²) >= 11 is 0. The van der Waals surface area contributed by atoms with Gasteiger partial charge in [0.15, 0.2) is 0 Å². The Morgan fingerprint density at radius 2 is 1.50 bits per heavy atom. The van der Waals surface area contributed by atoms with Crippen LogP contribution in [0.5, 0.6) is 17.2 Å². The summed E-state index contributed by atoms with van der Waals surface area (Å²) < 4.78 is 11.5. The summed E-state index contributed by atoms with van der Waals surface area (Å²) in [4.78, 5) is 7.04. The second-order valence-electron chi connectivity index (χ2n) is 7.64. The minimum atomic E-state index is 0.793. The summed E-state index contributed by atoms with van der Waals surface area (Å²) in [5.74, 6) is 2.47. The molecule has 0 bridgehead atoms. The lowest BCUT2D eigenvalue weighted by molar-refractivity contribution is 0.414. The fraction of sp³-hybridized carbons (Fsp3) is 0.269. The molecule has 4 nitrogen and oxygen atoms in total. The topological polar surface area (TPSA) is 34.1 Å². The maximum atomic E-state index is 5.88. The number of aliphatic imine (C=N–C) groups is 1. The SMILES string of the molecule is COc1cc(N2CCCCC2)ccc1C=Nc1ccc(Oc2ccc(C)cc2)cc1. The monoisotopic (exact) mass is 400 g/mol.